The van der Waals surface area contributed by atoms with E-state index in [4.69, 9.17) is 17.3 Å². The lowest BCUT2D eigenvalue weighted by atomic mass is 10.3. The molecular formula is C11H8ClN5. The van der Waals surface area contributed by atoms with Crippen LogP contribution in [0.2, 0.25) is 5.15 Å². The molecule has 3 rings (SSSR count). The molecule has 84 valence electrons. The summed E-state index contributed by atoms with van der Waals surface area (Å²) >= 11 is 6.06. The molecule has 0 aliphatic heterocycles. The van der Waals surface area contributed by atoms with Gasteiger partial charge in [-0.25, -0.2) is 9.97 Å². The molecule has 0 fully saturated rings. The highest BCUT2D eigenvalue weighted by Gasteiger charge is 2.14. The molecule has 0 atom stereocenters. The van der Waals surface area contributed by atoms with E-state index in [1.165, 1.54) is 6.33 Å². The van der Waals surface area contributed by atoms with E-state index >= 15 is 0 Å². The molecule has 6 heteroatoms. The van der Waals surface area contributed by atoms with Crippen molar-refractivity contribution in [3.63, 3.8) is 0 Å². The van der Waals surface area contributed by atoms with Gasteiger partial charge >= 0.3 is 0 Å². The first kappa shape index (κ1) is 10.0. The number of nitrogens with two attached hydrogens (primary N) is 1. The molecule has 2 heterocycles. The second-order valence-electron chi connectivity index (χ2n) is 3.48. The number of halogens is 1. The van der Waals surface area contributed by atoms with Crippen LogP contribution >= 0.6 is 11.6 Å². The molecule has 0 spiro atoms. The molecule has 17 heavy (non-hydrogen) atoms. The van der Waals surface area contributed by atoms with Crippen LogP contribution in [0.5, 0.6) is 0 Å². The van der Waals surface area contributed by atoms with E-state index in [0.29, 0.717) is 22.3 Å². The normalized spacial score (nSPS) is 10.9. The second-order valence-corrected chi connectivity index (χ2v) is 3.84. The Morgan fingerprint density at radius 2 is 1.88 bits per heavy atom. The van der Waals surface area contributed by atoms with Crippen LogP contribution in [-0.2, 0) is 0 Å². The van der Waals surface area contributed by atoms with Gasteiger partial charge in [-0.15, -0.1) is 0 Å². The second kappa shape index (κ2) is 3.71. The Morgan fingerprint density at radius 1 is 1.12 bits per heavy atom. The minimum absolute atomic E-state index is 0.336. The monoisotopic (exact) mass is 245 g/mol. The van der Waals surface area contributed by atoms with Crippen molar-refractivity contribution in [2.45, 2.75) is 0 Å². The molecule has 0 amide bonds. The van der Waals surface area contributed by atoms with Crippen molar-refractivity contribution < 1.29 is 0 Å². The van der Waals surface area contributed by atoms with Crippen LogP contribution in [0.15, 0.2) is 36.7 Å². The van der Waals surface area contributed by atoms with Crippen molar-refractivity contribution in [1.29, 1.82) is 0 Å². The lowest BCUT2D eigenvalue weighted by Crippen LogP contribution is -2.00. The number of aromatic nitrogens is 4. The molecule has 0 bridgehead atoms. The molecule has 1 aromatic carbocycles. The van der Waals surface area contributed by atoms with Crippen LogP contribution in [0.25, 0.3) is 16.9 Å². The smallest absolute Gasteiger partial charge is 0.207 e. The van der Waals surface area contributed by atoms with E-state index in [-0.39, 0.29) is 0 Å². The zero-order chi connectivity index (χ0) is 11.8. The van der Waals surface area contributed by atoms with Crippen molar-refractivity contribution >= 4 is 28.7 Å². The van der Waals surface area contributed by atoms with Crippen molar-refractivity contribution in [2.24, 2.45) is 0 Å². The number of anilines is 1. The largest absolute Gasteiger partial charge is 0.369 e. The fraction of sp³-hybridized carbons (Fsp3) is 0. The lowest BCUT2D eigenvalue weighted by molar-refractivity contribution is 1.10. The molecule has 0 aliphatic carbocycles. The topological polar surface area (TPSA) is 69.6 Å². The van der Waals surface area contributed by atoms with Gasteiger partial charge in [-0.2, -0.15) is 4.98 Å². The molecule has 0 aliphatic rings. The summed E-state index contributed by atoms with van der Waals surface area (Å²) < 4.78 is 1.73. The maximum Gasteiger partial charge on any atom is 0.207 e. The van der Waals surface area contributed by atoms with Gasteiger partial charge in [-0.1, -0.05) is 29.8 Å². The summed E-state index contributed by atoms with van der Waals surface area (Å²) in [7, 11) is 0. The van der Waals surface area contributed by atoms with Crippen LogP contribution in [0.1, 0.15) is 0 Å². The maximum atomic E-state index is 6.06. The number of fused-ring (bicyclic) bond motifs is 1. The average molecular weight is 246 g/mol. The van der Waals surface area contributed by atoms with Crippen LogP contribution in [0.4, 0.5) is 5.95 Å². The Hall–Kier alpha value is -2.14. The van der Waals surface area contributed by atoms with Gasteiger partial charge in [0.2, 0.25) is 5.95 Å². The molecule has 0 saturated heterocycles. The number of hydrogen-bond acceptors (Lipinski definition) is 4. The van der Waals surface area contributed by atoms with Crippen molar-refractivity contribution in [1.82, 2.24) is 19.5 Å². The van der Waals surface area contributed by atoms with Crippen LogP contribution in [-0.4, -0.2) is 19.5 Å². The van der Waals surface area contributed by atoms with Crippen LogP contribution in [0.3, 0.4) is 0 Å². The standard InChI is InChI=1S/C11H8ClN5/c12-9-8-10(15-6-14-9)16-11(13)17(8)7-4-2-1-3-5-7/h1-6H,(H2,13,14,15,16). The Labute approximate surface area is 102 Å². The van der Waals surface area contributed by atoms with Crippen molar-refractivity contribution in [3.8, 4) is 5.69 Å². The Bertz CT molecular complexity index is 677. The van der Waals surface area contributed by atoms with Gasteiger partial charge in [-0.05, 0) is 12.1 Å². The first-order valence-electron chi connectivity index (χ1n) is 4.97. The quantitative estimate of drug-likeness (QED) is 0.666. The number of nitrogen functional groups attached to an aromatic ring is 1. The zero-order valence-corrected chi connectivity index (χ0v) is 9.46. The first-order valence-corrected chi connectivity index (χ1v) is 5.35. The van der Waals surface area contributed by atoms with Crippen molar-refractivity contribution in [2.75, 3.05) is 5.73 Å². The van der Waals surface area contributed by atoms with Gasteiger partial charge in [-0.3, -0.25) is 4.57 Å². The molecule has 2 N–H and O–H groups in total. The van der Waals surface area contributed by atoms with Gasteiger partial charge in [0.05, 0.1) is 0 Å². The predicted octanol–water partition coefficient (Wildman–Crippen LogP) is 2.05. The Morgan fingerprint density at radius 3 is 2.65 bits per heavy atom. The summed E-state index contributed by atoms with van der Waals surface area (Å²) in [4.78, 5) is 12.1. The number of rotatable bonds is 1. The molecule has 3 aromatic rings. The highest BCUT2D eigenvalue weighted by atomic mass is 35.5. The number of hydrogen-bond donors (Lipinski definition) is 1. The zero-order valence-electron chi connectivity index (χ0n) is 8.71. The minimum atomic E-state index is 0.336. The third-order valence-electron chi connectivity index (χ3n) is 2.45. The summed E-state index contributed by atoms with van der Waals surface area (Å²) in [6, 6.07) is 9.59. The molecule has 0 radical (unpaired) electrons. The number of para-hydroxylation sites is 1. The maximum absolute atomic E-state index is 6.06. The third-order valence-corrected chi connectivity index (χ3v) is 2.72. The fourth-order valence-corrected chi connectivity index (χ4v) is 1.95. The Balaban J connectivity index is 2.40. The summed E-state index contributed by atoms with van der Waals surface area (Å²) in [5, 5.41) is 0.336. The molecule has 2 aromatic heterocycles. The SMILES string of the molecule is Nc1nc2ncnc(Cl)c2n1-c1ccccc1. The van der Waals surface area contributed by atoms with Gasteiger partial charge in [0.1, 0.15) is 11.8 Å². The van der Waals surface area contributed by atoms with Gasteiger partial charge in [0.25, 0.3) is 0 Å². The lowest BCUT2D eigenvalue weighted by Gasteiger charge is -2.05. The average Bonchev–Trinajstić information content (AvgIpc) is 2.68. The summed E-state index contributed by atoms with van der Waals surface area (Å²) in [6.45, 7) is 0. The highest BCUT2D eigenvalue weighted by molar-refractivity contribution is 6.33. The van der Waals surface area contributed by atoms with E-state index < -0.39 is 0 Å². The molecule has 5 nitrogen and oxygen atoms in total. The molecule has 0 saturated carbocycles. The highest BCUT2D eigenvalue weighted by Crippen LogP contribution is 2.25. The summed E-state index contributed by atoms with van der Waals surface area (Å²) in [5.74, 6) is 0.341. The summed E-state index contributed by atoms with van der Waals surface area (Å²) in [5.41, 5.74) is 7.87. The molecular weight excluding hydrogens is 238 g/mol. The van der Waals surface area contributed by atoms with Gasteiger partial charge in [0.15, 0.2) is 10.8 Å². The van der Waals surface area contributed by atoms with E-state index in [2.05, 4.69) is 15.0 Å². The van der Waals surface area contributed by atoms with Gasteiger partial charge in [0, 0.05) is 5.69 Å². The Kier molecular flexibility index (Phi) is 2.19. The van der Waals surface area contributed by atoms with E-state index in [9.17, 15) is 0 Å². The van der Waals surface area contributed by atoms with Crippen molar-refractivity contribution in [3.05, 3.63) is 41.8 Å². The number of benzene rings is 1. The van der Waals surface area contributed by atoms with E-state index in [0.717, 1.165) is 5.69 Å². The number of nitrogens with zero attached hydrogens (tertiary/aromatic N) is 4. The predicted molar refractivity (Wildman–Crippen MR) is 66.1 cm³/mol. The van der Waals surface area contributed by atoms with E-state index in [1.807, 2.05) is 30.3 Å². The summed E-state index contributed by atoms with van der Waals surface area (Å²) in [6.07, 6.45) is 1.37. The van der Waals surface area contributed by atoms with Crippen LogP contribution < -0.4 is 5.73 Å². The third kappa shape index (κ3) is 1.52. The van der Waals surface area contributed by atoms with Gasteiger partial charge < -0.3 is 5.73 Å². The minimum Gasteiger partial charge on any atom is -0.369 e. The molecule has 0 unspecified atom stereocenters. The fourth-order valence-electron chi connectivity index (χ4n) is 1.73. The van der Waals surface area contributed by atoms with E-state index in [1.54, 1.807) is 4.57 Å². The van der Waals surface area contributed by atoms with Crippen LogP contribution in [0, 0.1) is 0 Å². The first-order chi connectivity index (χ1) is 8.27. The number of imidazole rings is 1.